The smallest absolute Gasteiger partial charge is 0.307 e. The molecule has 0 amide bonds. The van der Waals surface area contributed by atoms with Crippen LogP contribution in [0.4, 0.5) is 0 Å². The van der Waals surface area contributed by atoms with Gasteiger partial charge in [-0.1, -0.05) is 19.3 Å². The molecule has 25 heavy (non-hydrogen) atoms. The first-order valence-corrected chi connectivity index (χ1v) is 10.3. The lowest BCUT2D eigenvalue weighted by Crippen LogP contribution is -2.47. The summed E-state index contributed by atoms with van der Waals surface area (Å²) in [5.41, 5.74) is 0. The van der Waals surface area contributed by atoms with E-state index in [1.54, 1.807) is 6.33 Å². The molecule has 1 aromatic heterocycles. The van der Waals surface area contributed by atoms with Crippen LogP contribution in [0.3, 0.4) is 0 Å². The van der Waals surface area contributed by atoms with Crippen molar-refractivity contribution in [3.05, 3.63) is 12.2 Å². The van der Waals surface area contributed by atoms with Crippen molar-refractivity contribution < 1.29 is 18.3 Å². The number of aliphatic carboxylic acids is 1. The summed E-state index contributed by atoms with van der Waals surface area (Å²) in [6, 6.07) is 0.328. The topological polar surface area (TPSA) is 117 Å². The van der Waals surface area contributed by atoms with Crippen LogP contribution < -0.4 is 4.72 Å². The zero-order valence-electron chi connectivity index (χ0n) is 14.2. The molecule has 1 aliphatic heterocycles. The van der Waals surface area contributed by atoms with Crippen molar-refractivity contribution in [3.63, 3.8) is 0 Å². The minimum Gasteiger partial charge on any atom is -0.481 e. The second-order valence-electron chi connectivity index (χ2n) is 6.81. The van der Waals surface area contributed by atoms with Gasteiger partial charge in [0, 0.05) is 19.1 Å². The first kappa shape index (κ1) is 18.3. The highest BCUT2D eigenvalue weighted by Crippen LogP contribution is 2.28. The maximum atomic E-state index is 12.5. The van der Waals surface area contributed by atoms with Crippen LogP contribution in [-0.4, -0.2) is 51.7 Å². The number of aromatic nitrogens is 3. The molecule has 140 valence electrons. The zero-order valence-corrected chi connectivity index (χ0v) is 15.0. The Balaban J connectivity index is 1.63. The maximum Gasteiger partial charge on any atom is 0.307 e. The molecule has 2 aliphatic rings. The summed E-state index contributed by atoms with van der Waals surface area (Å²) in [5.74, 6) is -0.990. The molecule has 1 atom stereocenters. The van der Waals surface area contributed by atoms with Crippen LogP contribution in [0.15, 0.2) is 6.33 Å². The third-order valence-electron chi connectivity index (χ3n) is 5.10. The Morgan fingerprint density at radius 1 is 1.24 bits per heavy atom. The van der Waals surface area contributed by atoms with Gasteiger partial charge in [-0.25, -0.2) is 0 Å². The van der Waals surface area contributed by atoms with Gasteiger partial charge in [0.05, 0.1) is 12.5 Å². The predicted octanol–water partition coefficient (Wildman–Crippen LogP) is 0.914. The van der Waals surface area contributed by atoms with Gasteiger partial charge in [-0.15, -0.1) is 10.2 Å². The number of hydrogen-bond acceptors (Lipinski definition) is 5. The fourth-order valence-electron chi connectivity index (χ4n) is 3.67. The number of rotatable bonds is 6. The third kappa shape index (κ3) is 4.36. The van der Waals surface area contributed by atoms with Crippen molar-refractivity contribution in [2.24, 2.45) is 5.92 Å². The molecule has 2 N–H and O–H groups in total. The van der Waals surface area contributed by atoms with E-state index in [2.05, 4.69) is 14.9 Å². The van der Waals surface area contributed by atoms with E-state index in [0.29, 0.717) is 31.3 Å². The molecule has 0 spiro atoms. The fourth-order valence-corrected chi connectivity index (χ4v) is 4.91. The molecular formula is C15H25N5O4S. The number of nitrogens with zero attached hydrogens (tertiary/aromatic N) is 4. The Morgan fingerprint density at radius 2 is 2.00 bits per heavy atom. The van der Waals surface area contributed by atoms with Crippen molar-refractivity contribution in [2.75, 3.05) is 13.1 Å². The molecule has 1 aromatic rings. The predicted molar refractivity (Wildman–Crippen MR) is 89.8 cm³/mol. The number of piperidine rings is 1. The number of carbonyl (C=O) groups is 1. The van der Waals surface area contributed by atoms with E-state index in [0.717, 1.165) is 12.8 Å². The molecule has 3 rings (SSSR count). The van der Waals surface area contributed by atoms with Crippen LogP contribution in [0, 0.1) is 5.92 Å². The quantitative estimate of drug-likeness (QED) is 0.768. The van der Waals surface area contributed by atoms with E-state index >= 15 is 0 Å². The van der Waals surface area contributed by atoms with Gasteiger partial charge in [-0.05, 0) is 25.7 Å². The first-order valence-electron chi connectivity index (χ1n) is 8.83. The summed E-state index contributed by atoms with van der Waals surface area (Å²) < 4.78 is 30.7. The normalized spacial score (nSPS) is 23.6. The summed E-state index contributed by atoms with van der Waals surface area (Å²) in [6.07, 6.45) is 8.42. The molecule has 1 saturated heterocycles. The Morgan fingerprint density at radius 3 is 2.72 bits per heavy atom. The van der Waals surface area contributed by atoms with E-state index in [1.807, 2.05) is 4.57 Å². The van der Waals surface area contributed by atoms with Gasteiger partial charge in [-0.2, -0.15) is 17.4 Å². The number of carboxylic acids is 1. The molecule has 1 aliphatic carbocycles. The van der Waals surface area contributed by atoms with Gasteiger partial charge in [0.25, 0.3) is 10.2 Å². The molecule has 0 aromatic carbocycles. The summed E-state index contributed by atoms with van der Waals surface area (Å²) >= 11 is 0. The standard InChI is InChI=1S/C15H25N5O4S/c21-15(22)12-5-4-8-19(10-12)25(23,24)17-9-14-18-16-11-20(14)13-6-2-1-3-7-13/h11-13,17H,1-10H2,(H,21,22). The van der Waals surface area contributed by atoms with Gasteiger partial charge < -0.3 is 9.67 Å². The molecule has 1 unspecified atom stereocenters. The van der Waals surface area contributed by atoms with Crippen LogP contribution >= 0.6 is 0 Å². The molecule has 2 heterocycles. The molecule has 1 saturated carbocycles. The molecule has 0 bridgehead atoms. The molecule has 9 nitrogen and oxygen atoms in total. The van der Waals surface area contributed by atoms with Gasteiger partial charge in [0.2, 0.25) is 0 Å². The molecule has 10 heteroatoms. The summed E-state index contributed by atoms with van der Waals surface area (Å²) in [6.45, 7) is 0.418. The highest BCUT2D eigenvalue weighted by molar-refractivity contribution is 7.87. The molecule has 2 fully saturated rings. The second-order valence-corrected chi connectivity index (χ2v) is 8.56. The van der Waals surface area contributed by atoms with Gasteiger partial charge in [0.15, 0.2) is 0 Å². The van der Waals surface area contributed by atoms with Crippen molar-refractivity contribution in [3.8, 4) is 0 Å². The van der Waals surface area contributed by atoms with Crippen LogP contribution in [0.25, 0.3) is 0 Å². The Bertz CT molecular complexity index is 699. The van der Waals surface area contributed by atoms with Crippen LogP contribution in [0.1, 0.15) is 56.8 Å². The lowest BCUT2D eigenvalue weighted by molar-refractivity contribution is -0.142. The molecule has 0 radical (unpaired) electrons. The summed E-state index contributed by atoms with van der Waals surface area (Å²) in [7, 11) is -3.73. The lowest BCUT2D eigenvalue weighted by atomic mass is 9.95. The average Bonchev–Trinajstić information content (AvgIpc) is 3.09. The molecular weight excluding hydrogens is 346 g/mol. The second kappa shape index (κ2) is 7.79. The van der Waals surface area contributed by atoms with Crippen molar-refractivity contribution >= 4 is 16.2 Å². The van der Waals surface area contributed by atoms with Crippen molar-refractivity contribution in [2.45, 2.75) is 57.5 Å². The van der Waals surface area contributed by atoms with E-state index < -0.39 is 22.1 Å². The third-order valence-corrected chi connectivity index (χ3v) is 6.62. The summed E-state index contributed by atoms with van der Waals surface area (Å²) in [4.78, 5) is 11.1. The van der Waals surface area contributed by atoms with Gasteiger partial charge >= 0.3 is 5.97 Å². The average molecular weight is 371 g/mol. The Kier molecular flexibility index (Phi) is 5.70. The van der Waals surface area contributed by atoms with Gasteiger partial charge in [0.1, 0.15) is 12.2 Å². The number of hydrogen-bond donors (Lipinski definition) is 2. The highest BCUT2D eigenvalue weighted by Gasteiger charge is 2.32. The van der Waals surface area contributed by atoms with Crippen molar-refractivity contribution in [1.29, 1.82) is 0 Å². The monoisotopic (exact) mass is 371 g/mol. The summed E-state index contributed by atoms with van der Waals surface area (Å²) in [5, 5.41) is 17.1. The maximum absolute atomic E-state index is 12.5. The SMILES string of the molecule is O=C(O)C1CCCN(S(=O)(=O)NCc2nncn2C2CCCCC2)C1. The fraction of sp³-hybridized carbons (Fsp3) is 0.800. The van der Waals surface area contributed by atoms with Crippen LogP contribution in [0.5, 0.6) is 0 Å². The number of nitrogens with one attached hydrogen (secondary N) is 1. The minimum absolute atomic E-state index is 0.0139. The minimum atomic E-state index is -3.73. The van der Waals surface area contributed by atoms with E-state index in [4.69, 9.17) is 5.11 Å². The van der Waals surface area contributed by atoms with Crippen LogP contribution in [-0.2, 0) is 21.5 Å². The Labute approximate surface area is 147 Å². The van der Waals surface area contributed by atoms with Gasteiger partial charge in [-0.3, -0.25) is 4.79 Å². The van der Waals surface area contributed by atoms with E-state index in [1.165, 1.54) is 23.6 Å². The van der Waals surface area contributed by atoms with Crippen molar-refractivity contribution in [1.82, 2.24) is 23.8 Å². The highest BCUT2D eigenvalue weighted by atomic mass is 32.2. The largest absolute Gasteiger partial charge is 0.481 e. The Hall–Kier alpha value is -1.52. The van der Waals surface area contributed by atoms with Crippen LogP contribution in [0.2, 0.25) is 0 Å². The number of carboxylic acid groups (broad SMARTS) is 1. The first-order chi connectivity index (χ1) is 12.0. The van der Waals surface area contributed by atoms with E-state index in [9.17, 15) is 13.2 Å². The lowest BCUT2D eigenvalue weighted by Gasteiger charge is -2.30. The van der Waals surface area contributed by atoms with E-state index in [-0.39, 0.29) is 13.1 Å². The zero-order chi connectivity index (χ0) is 17.9.